The molecular weight excluding hydrogens is 466 g/mol. The molecule has 1 amide bonds. The Labute approximate surface area is 215 Å². The van der Waals surface area contributed by atoms with Gasteiger partial charge in [0.25, 0.3) is 0 Å². The van der Waals surface area contributed by atoms with Gasteiger partial charge < -0.3 is 10.1 Å². The summed E-state index contributed by atoms with van der Waals surface area (Å²) < 4.78 is 7.45. The number of thioether (sulfide) groups is 1. The highest BCUT2D eigenvalue weighted by atomic mass is 32.2. The fraction of sp³-hybridized carbons (Fsp3) is 0.133. The number of carbonyl (C=O) groups is 1. The number of ether oxygens (including phenoxy) is 1. The molecule has 5 rings (SSSR count). The number of anilines is 1. The molecule has 5 aromatic rings. The molecular formula is C30H27N3O2S. The molecule has 36 heavy (non-hydrogen) atoms. The zero-order valence-corrected chi connectivity index (χ0v) is 21.3. The van der Waals surface area contributed by atoms with Crippen LogP contribution in [0.4, 0.5) is 5.69 Å². The SMILES string of the molecule is COc1ccc(-n2c(S[C@@H](C(=O)Nc3cc(C)cc(C)c3)c3ccccc3)nc3ccccc32)cc1. The number of para-hydroxylation sites is 2. The van der Waals surface area contributed by atoms with Gasteiger partial charge in [-0.05, 0) is 79.1 Å². The van der Waals surface area contributed by atoms with Crippen molar-refractivity contribution >= 4 is 34.4 Å². The number of aromatic nitrogens is 2. The molecule has 180 valence electrons. The lowest BCUT2D eigenvalue weighted by molar-refractivity contribution is -0.115. The first-order chi connectivity index (χ1) is 17.5. The fourth-order valence-corrected chi connectivity index (χ4v) is 5.45. The van der Waals surface area contributed by atoms with Gasteiger partial charge in [0, 0.05) is 11.4 Å². The number of benzene rings is 4. The highest BCUT2D eigenvalue weighted by molar-refractivity contribution is 8.00. The van der Waals surface area contributed by atoms with Crippen LogP contribution in [0.1, 0.15) is 21.9 Å². The van der Waals surface area contributed by atoms with E-state index in [0.717, 1.165) is 50.0 Å². The number of nitrogens with one attached hydrogen (secondary N) is 1. The Morgan fingerprint density at radius 1 is 0.889 bits per heavy atom. The van der Waals surface area contributed by atoms with Crippen LogP contribution in [-0.2, 0) is 4.79 Å². The van der Waals surface area contributed by atoms with Crippen LogP contribution in [0.15, 0.2) is 102 Å². The number of nitrogens with zero attached hydrogens (tertiary/aromatic N) is 2. The van der Waals surface area contributed by atoms with Gasteiger partial charge in [0.15, 0.2) is 5.16 Å². The van der Waals surface area contributed by atoms with Crippen LogP contribution in [0.5, 0.6) is 5.75 Å². The smallest absolute Gasteiger partial charge is 0.242 e. The second kappa shape index (κ2) is 10.3. The lowest BCUT2D eigenvalue weighted by Crippen LogP contribution is -2.19. The van der Waals surface area contributed by atoms with Crippen molar-refractivity contribution in [3.05, 3.63) is 114 Å². The maximum absolute atomic E-state index is 13.7. The normalized spacial score (nSPS) is 11.9. The highest BCUT2D eigenvalue weighted by Crippen LogP contribution is 2.39. The van der Waals surface area contributed by atoms with Gasteiger partial charge in [-0.1, -0.05) is 60.3 Å². The average Bonchev–Trinajstić information content (AvgIpc) is 3.25. The number of hydrogen-bond acceptors (Lipinski definition) is 4. The molecule has 0 aliphatic heterocycles. The van der Waals surface area contributed by atoms with Crippen LogP contribution < -0.4 is 10.1 Å². The Kier molecular flexibility index (Phi) is 6.78. The van der Waals surface area contributed by atoms with Crippen LogP contribution in [0, 0.1) is 13.8 Å². The van der Waals surface area contributed by atoms with Gasteiger partial charge in [-0.15, -0.1) is 0 Å². The molecule has 1 atom stereocenters. The van der Waals surface area contributed by atoms with E-state index in [0.29, 0.717) is 0 Å². The summed E-state index contributed by atoms with van der Waals surface area (Å²) in [5, 5.41) is 3.38. The number of amides is 1. The predicted octanol–water partition coefficient (Wildman–Crippen LogP) is 7.12. The first kappa shape index (κ1) is 23.7. The molecule has 0 fully saturated rings. The molecule has 1 aromatic heterocycles. The Morgan fingerprint density at radius 2 is 1.56 bits per heavy atom. The van der Waals surface area contributed by atoms with E-state index < -0.39 is 5.25 Å². The summed E-state index contributed by atoms with van der Waals surface area (Å²) in [7, 11) is 1.65. The van der Waals surface area contributed by atoms with E-state index in [1.54, 1.807) is 7.11 Å². The number of aryl methyl sites for hydroxylation is 2. The standard InChI is InChI=1S/C30H27N3O2S/c1-20-17-21(2)19-23(18-20)31-29(34)28(22-9-5-4-6-10-22)36-30-32-26-11-7-8-12-27(26)33(30)24-13-15-25(35-3)16-14-24/h4-19,28H,1-3H3,(H,31,34)/t28-/m1/s1. The molecule has 0 unspecified atom stereocenters. The topological polar surface area (TPSA) is 56.1 Å². The van der Waals surface area contributed by atoms with E-state index in [1.807, 2.05) is 105 Å². The van der Waals surface area contributed by atoms with Crippen molar-refractivity contribution in [2.75, 3.05) is 12.4 Å². The molecule has 0 bridgehead atoms. The Balaban J connectivity index is 1.57. The first-order valence-corrected chi connectivity index (χ1v) is 12.6. The molecule has 1 N–H and O–H groups in total. The minimum atomic E-state index is -0.499. The lowest BCUT2D eigenvalue weighted by atomic mass is 10.1. The quantitative estimate of drug-likeness (QED) is 0.245. The van der Waals surface area contributed by atoms with Crippen LogP contribution in [-0.4, -0.2) is 22.6 Å². The third-order valence-corrected chi connectivity index (χ3v) is 7.12. The summed E-state index contributed by atoms with van der Waals surface area (Å²) in [6.45, 7) is 4.06. The minimum Gasteiger partial charge on any atom is -0.497 e. The van der Waals surface area contributed by atoms with Crippen LogP contribution in [0.25, 0.3) is 16.7 Å². The second-order valence-corrected chi connectivity index (χ2v) is 9.76. The molecule has 0 saturated carbocycles. The van der Waals surface area contributed by atoms with Crippen molar-refractivity contribution in [3.63, 3.8) is 0 Å². The molecule has 6 heteroatoms. The molecule has 0 aliphatic rings. The van der Waals surface area contributed by atoms with Crippen LogP contribution in [0.3, 0.4) is 0 Å². The zero-order valence-electron chi connectivity index (χ0n) is 20.4. The van der Waals surface area contributed by atoms with Crippen molar-refractivity contribution in [1.29, 1.82) is 0 Å². The van der Waals surface area contributed by atoms with Gasteiger partial charge >= 0.3 is 0 Å². The number of carbonyl (C=O) groups excluding carboxylic acids is 1. The summed E-state index contributed by atoms with van der Waals surface area (Å²) in [6.07, 6.45) is 0. The van der Waals surface area contributed by atoms with Gasteiger partial charge in [-0.25, -0.2) is 4.98 Å². The summed E-state index contributed by atoms with van der Waals surface area (Å²) in [6, 6.07) is 31.8. The van der Waals surface area contributed by atoms with E-state index in [4.69, 9.17) is 9.72 Å². The van der Waals surface area contributed by atoms with Crippen molar-refractivity contribution < 1.29 is 9.53 Å². The van der Waals surface area contributed by atoms with E-state index in [2.05, 4.69) is 16.0 Å². The first-order valence-electron chi connectivity index (χ1n) is 11.7. The van der Waals surface area contributed by atoms with Gasteiger partial charge in [0.1, 0.15) is 11.0 Å². The number of imidazole rings is 1. The largest absolute Gasteiger partial charge is 0.497 e. The number of fused-ring (bicyclic) bond motifs is 1. The summed E-state index contributed by atoms with van der Waals surface area (Å²) in [4.78, 5) is 18.6. The van der Waals surface area contributed by atoms with Crippen molar-refractivity contribution in [2.45, 2.75) is 24.3 Å². The Hall–Kier alpha value is -4.03. The Bertz CT molecular complexity index is 1490. The van der Waals surface area contributed by atoms with Gasteiger partial charge in [0.2, 0.25) is 5.91 Å². The third-order valence-electron chi connectivity index (χ3n) is 5.91. The Morgan fingerprint density at radius 3 is 2.25 bits per heavy atom. The summed E-state index contributed by atoms with van der Waals surface area (Å²) in [5.74, 6) is 0.692. The fourth-order valence-electron chi connectivity index (χ4n) is 4.32. The maximum Gasteiger partial charge on any atom is 0.242 e. The number of methoxy groups -OCH3 is 1. The molecule has 0 saturated heterocycles. The zero-order chi connectivity index (χ0) is 25.1. The van der Waals surface area contributed by atoms with E-state index in [9.17, 15) is 4.79 Å². The molecule has 4 aromatic carbocycles. The third kappa shape index (κ3) is 4.99. The molecule has 0 aliphatic carbocycles. The minimum absolute atomic E-state index is 0.0930. The van der Waals surface area contributed by atoms with Crippen molar-refractivity contribution in [3.8, 4) is 11.4 Å². The molecule has 5 nitrogen and oxygen atoms in total. The van der Waals surface area contributed by atoms with E-state index >= 15 is 0 Å². The second-order valence-electron chi connectivity index (χ2n) is 8.69. The summed E-state index contributed by atoms with van der Waals surface area (Å²) >= 11 is 1.44. The monoisotopic (exact) mass is 493 g/mol. The van der Waals surface area contributed by atoms with Crippen molar-refractivity contribution in [2.24, 2.45) is 0 Å². The number of hydrogen-bond donors (Lipinski definition) is 1. The lowest BCUT2D eigenvalue weighted by Gasteiger charge is -2.18. The highest BCUT2D eigenvalue weighted by Gasteiger charge is 2.26. The van der Waals surface area contributed by atoms with E-state index in [1.165, 1.54) is 11.8 Å². The summed E-state index contributed by atoms with van der Waals surface area (Å²) in [5.41, 5.74) is 6.73. The molecule has 0 spiro atoms. The van der Waals surface area contributed by atoms with Crippen molar-refractivity contribution in [1.82, 2.24) is 9.55 Å². The van der Waals surface area contributed by atoms with Gasteiger partial charge in [0.05, 0.1) is 18.1 Å². The van der Waals surface area contributed by atoms with Crippen LogP contribution >= 0.6 is 11.8 Å². The predicted molar refractivity (Wildman–Crippen MR) is 147 cm³/mol. The maximum atomic E-state index is 13.7. The number of rotatable bonds is 7. The molecule has 0 radical (unpaired) electrons. The molecule has 1 heterocycles. The van der Waals surface area contributed by atoms with Crippen LogP contribution in [0.2, 0.25) is 0 Å². The van der Waals surface area contributed by atoms with Gasteiger partial charge in [-0.3, -0.25) is 9.36 Å². The average molecular weight is 494 g/mol. The van der Waals surface area contributed by atoms with E-state index in [-0.39, 0.29) is 5.91 Å². The van der Waals surface area contributed by atoms with Gasteiger partial charge in [-0.2, -0.15) is 0 Å².